The van der Waals surface area contributed by atoms with Crippen molar-refractivity contribution in [3.8, 4) is 0 Å². The van der Waals surface area contributed by atoms with Gasteiger partial charge < -0.3 is 4.57 Å². The van der Waals surface area contributed by atoms with Crippen LogP contribution in [0.4, 0.5) is 0 Å². The van der Waals surface area contributed by atoms with Gasteiger partial charge in [-0.1, -0.05) is 0 Å². The number of aromatic nitrogens is 4. The van der Waals surface area contributed by atoms with Crippen LogP contribution in [0.1, 0.15) is 0 Å². The summed E-state index contributed by atoms with van der Waals surface area (Å²) in [5, 5.41) is 0. The third-order valence-corrected chi connectivity index (χ3v) is 2.46. The van der Waals surface area contributed by atoms with E-state index in [-0.39, 0.29) is 11.2 Å². The average Bonchev–Trinajstić information content (AvgIpc) is 2.67. The van der Waals surface area contributed by atoms with Gasteiger partial charge >= 0.3 is 5.69 Å². The molecule has 2 aromatic heterocycles. The summed E-state index contributed by atoms with van der Waals surface area (Å²) < 4.78 is 4.04. The number of nitrogens with zero attached hydrogens (tertiary/aromatic N) is 4. The molecule has 0 aliphatic carbocycles. The zero-order valence-electron chi connectivity index (χ0n) is 8.60. The molecule has 0 atom stereocenters. The fourth-order valence-electron chi connectivity index (χ4n) is 1.57. The third kappa shape index (κ3) is 1.14. The van der Waals surface area contributed by atoms with E-state index in [4.69, 9.17) is 0 Å². The van der Waals surface area contributed by atoms with Gasteiger partial charge in [0.25, 0.3) is 5.56 Å². The van der Waals surface area contributed by atoms with Crippen molar-refractivity contribution in [1.82, 2.24) is 18.7 Å². The second kappa shape index (κ2) is 3.08. The van der Waals surface area contributed by atoms with Gasteiger partial charge in [-0.3, -0.25) is 13.9 Å². The zero-order valence-corrected chi connectivity index (χ0v) is 8.60. The largest absolute Gasteiger partial charge is 0.332 e. The third-order valence-electron chi connectivity index (χ3n) is 2.46. The molecule has 0 saturated carbocycles. The summed E-state index contributed by atoms with van der Waals surface area (Å²) in [6.07, 6.45) is 1.51. The molecule has 2 rings (SSSR count). The number of fused-ring (bicyclic) bond motifs is 1. The van der Waals surface area contributed by atoms with Crippen molar-refractivity contribution >= 4 is 11.2 Å². The van der Waals surface area contributed by atoms with E-state index in [0.29, 0.717) is 17.7 Å². The number of rotatable bonds is 1. The standard InChI is InChI=1S/C9H11N4O2/c1-4-13-5-10-7-6(13)8(14)12(3)9(15)11(7)2/h5H,1,4H2,2-3H3. The molecule has 0 fully saturated rings. The van der Waals surface area contributed by atoms with Gasteiger partial charge in [-0.15, -0.1) is 0 Å². The fraction of sp³-hybridized carbons (Fsp3) is 0.333. The first-order chi connectivity index (χ1) is 7.07. The van der Waals surface area contributed by atoms with Crippen LogP contribution < -0.4 is 11.2 Å². The molecule has 2 aromatic rings. The topological polar surface area (TPSA) is 61.8 Å². The first-order valence-electron chi connectivity index (χ1n) is 4.48. The average molecular weight is 207 g/mol. The molecule has 1 radical (unpaired) electrons. The Kier molecular flexibility index (Phi) is 1.99. The Morgan fingerprint density at radius 1 is 1.33 bits per heavy atom. The highest BCUT2D eigenvalue weighted by Crippen LogP contribution is 2.04. The summed E-state index contributed by atoms with van der Waals surface area (Å²) in [6.45, 7) is 4.10. The lowest BCUT2D eigenvalue weighted by molar-refractivity contribution is 0.703. The molecule has 0 N–H and O–H groups in total. The molecule has 0 unspecified atom stereocenters. The Balaban J connectivity index is 3.11. The van der Waals surface area contributed by atoms with Crippen LogP contribution in [0.2, 0.25) is 0 Å². The molecule has 0 spiro atoms. The van der Waals surface area contributed by atoms with E-state index in [9.17, 15) is 9.59 Å². The summed E-state index contributed by atoms with van der Waals surface area (Å²) in [6, 6.07) is 0. The Morgan fingerprint density at radius 3 is 2.60 bits per heavy atom. The van der Waals surface area contributed by atoms with Crippen LogP contribution in [0, 0.1) is 6.92 Å². The smallest absolute Gasteiger partial charge is 0.325 e. The zero-order chi connectivity index (χ0) is 11.2. The van der Waals surface area contributed by atoms with Gasteiger partial charge in [0, 0.05) is 20.6 Å². The summed E-state index contributed by atoms with van der Waals surface area (Å²) in [4.78, 5) is 27.4. The molecule has 79 valence electrons. The van der Waals surface area contributed by atoms with Crippen LogP contribution in [-0.2, 0) is 20.6 Å². The molecule has 6 nitrogen and oxygen atoms in total. The van der Waals surface area contributed by atoms with Gasteiger partial charge in [0.2, 0.25) is 0 Å². The minimum atomic E-state index is -0.373. The molecule has 0 aromatic carbocycles. The maximum absolute atomic E-state index is 11.8. The molecule has 0 saturated heterocycles. The van der Waals surface area contributed by atoms with Crippen molar-refractivity contribution in [2.45, 2.75) is 6.54 Å². The Labute approximate surface area is 85.4 Å². The number of hydrogen-bond donors (Lipinski definition) is 0. The van der Waals surface area contributed by atoms with E-state index >= 15 is 0 Å². The summed E-state index contributed by atoms with van der Waals surface area (Å²) in [5.74, 6) is 0. The summed E-state index contributed by atoms with van der Waals surface area (Å²) >= 11 is 0. The van der Waals surface area contributed by atoms with E-state index in [1.54, 1.807) is 11.6 Å². The lowest BCUT2D eigenvalue weighted by Crippen LogP contribution is -2.37. The first kappa shape index (κ1) is 9.70. The molecule has 2 heterocycles. The second-order valence-electron chi connectivity index (χ2n) is 3.32. The van der Waals surface area contributed by atoms with Crippen molar-refractivity contribution in [2.75, 3.05) is 0 Å². The SMILES string of the molecule is [CH2]Cn1cnc2c1c(=O)n(C)c(=O)n2C. The quantitative estimate of drug-likeness (QED) is 0.619. The second-order valence-corrected chi connectivity index (χ2v) is 3.32. The lowest BCUT2D eigenvalue weighted by Gasteiger charge is -2.04. The molecule has 0 aliphatic heterocycles. The van der Waals surface area contributed by atoms with Crippen LogP contribution in [-0.4, -0.2) is 18.7 Å². The van der Waals surface area contributed by atoms with E-state index in [1.165, 1.54) is 17.9 Å². The first-order valence-corrected chi connectivity index (χ1v) is 4.48. The summed E-state index contributed by atoms with van der Waals surface area (Å²) in [5.41, 5.74) is 0.0948. The molecular weight excluding hydrogens is 196 g/mol. The minimum absolute atomic E-state index is 0.339. The summed E-state index contributed by atoms with van der Waals surface area (Å²) in [7, 11) is 3.04. The Hall–Kier alpha value is -1.85. The number of imidazole rings is 1. The highest BCUT2D eigenvalue weighted by molar-refractivity contribution is 5.69. The normalized spacial score (nSPS) is 11.1. The molecule has 6 heteroatoms. The van der Waals surface area contributed by atoms with Crippen LogP contribution in [0.3, 0.4) is 0 Å². The van der Waals surface area contributed by atoms with Crippen molar-refractivity contribution in [3.05, 3.63) is 34.1 Å². The highest BCUT2D eigenvalue weighted by atomic mass is 16.2. The van der Waals surface area contributed by atoms with Crippen LogP contribution >= 0.6 is 0 Å². The van der Waals surface area contributed by atoms with Crippen molar-refractivity contribution < 1.29 is 0 Å². The van der Waals surface area contributed by atoms with Gasteiger partial charge in [-0.2, -0.15) is 0 Å². The molecular formula is C9H11N4O2. The predicted molar refractivity (Wildman–Crippen MR) is 55.6 cm³/mol. The van der Waals surface area contributed by atoms with Gasteiger partial charge in [-0.05, 0) is 6.92 Å². The highest BCUT2D eigenvalue weighted by Gasteiger charge is 2.12. The minimum Gasteiger partial charge on any atom is -0.325 e. The van der Waals surface area contributed by atoms with Crippen molar-refractivity contribution in [3.63, 3.8) is 0 Å². The van der Waals surface area contributed by atoms with Gasteiger partial charge in [-0.25, -0.2) is 9.78 Å². The fourth-order valence-corrected chi connectivity index (χ4v) is 1.57. The Bertz CT molecular complexity index is 632. The Morgan fingerprint density at radius 2 is 2.00 bits per heavy atom. The van der Waals surface area contributed by atoms with Gasteiger partial charge in [0.15, 0.2) is 11.2 Å². The maximum atomic E-state index is 11.8. The predicted octanol–water partition coefficient (Wildman–Crippen LogP) is -0.732. The molecule has 0 bridgehead atoms. The van der Waals surface area contributed by atoms with Gasteiger partial charge in [0.1, 0.15) is 0 Å². The van der Waals surface area contributed by atoms with E-state index < -0.39 is 0 Å². The van der Waals surface area contributed by atoms with E-state index in [0.717, 1.165) is 4.57 Å². The monoisotopic (exact) mass is 207 g/mol. The van der Waals surface area contributed by atoms with Gasteiger partial charge in [0.05, 0.1) is 6.33 Å². The van der Waals surface area contributed by atoms with Crippen LogP contribution in [0.15, 0.2) is 15.9 Å². The van der Waals surface area contributed by atoms with E-state index in [1.807, 2.05) is 0 Å². The van der Waals surface area contributed by atoms with Crippen LogP contribution in [0.5, 0.6) is 0 Å². The van der Waals surface area contributed by atoms with Crippen LogP contribution in [0.25, 0.3) is 11.2 Å². The van der Waals surface area contributed by atoms with Crippen molar-refractivity contribution in [1.29, 1.82) is 0 Å². The van der Waals surface area contributed by atoms with E-state index in [2.05, 4.69) is 11.9 Å². The maximum Gasteiger partial charge on any atom is 0.332 e. The number of hydrogen-bond acceptors (Lipinski definition) is 3. The number of aryl methyl sites for hydroxylation is 1. The molecule has 0 amide bonds. The van der Waals surface area contributed by atoms with Crippen molar-refractivity contribution in [2.24, 2.45) is 14.1 Å². The molecule has 0 aliphatic rings. The lowest BCUT2D eigenvalue weighted by atomic mass is 10.5. The molecule has 15 heavy (non-hydrogen) atoms.